The topological polar surface area (TPSA) is 15.3 Å². The van der Waals surface area contributed by atoms with E-state index in [1.165, 1.54) is 83.0 Å². The third-order valence-corrected chi connectivity index (χ3v) is 6.02. The molecule has 0 aromatic carbocycles. The second kappa shape index (κ2) is 5.81. The summed E-state index contributed by atoms with van der Waals surface area (Å²) in [7, 11) is 0. The van der Waals surface area contributed by atoms with Gasteiger partial charge in [0.2, 0.25) is 0 Å². The average Bonchev–Trinajstić information content (AvgIpc) is 2.91. The molecule has 3 rings (SSSR count). The van der Waals surface area contributed by atoms with Crippen LogP contribution in [0.4, 0.5) is 0 Å². The van der Waals surface area contributed by atoms with Gasteiger partial charge in [0.05, 0.1) is 0 Å². The monoisotopic (exact) mass is 276 g/mol. The van der Waals surface area contributed by atoms with Crippen LogP contribution in [-0.2, 0) is 0 Å². The molecule has 1 saturated heterocycles. The Labute approximate surface area is 125 Å². The zero-order valence-electron chi connectivity index (χ0n) is 13.5. The van der Waals surface area contributed by atoms with Crippen molar-refractivity contribution in [3.8, 4) is 0 Å². The number of nitrogens with zero attached hydrogens (tertiary/aromatic N) is 1. The van der Waals surface area contributed by atoms with E-state index in [1.54, 1.807) is 0 Å². The summed E-state index contributed by atoms with van der Waals surface area (Å²) in [5, 5.41) is 4.02. The van der Waals surface area contributed by atoms with Gasteiger partial charge in [0.1, 0.15) is 0 Å². The van der Waals surface area contributed by atoms with Crippen LogP contribution in [0, 0.1) is 0 Å². The van der Waals surface area contributed by atoms with E-state index in [9.17, 15) is 0 Å². The zero-order valence-corrected chi connectivity index (χ0v) is 13.5. The van der Waals surface area contributed by atoms with E-state index >= 15 is 0 Å². The highest BCUT2D eigenvalue weighted by Gasteiger charge is 2.48. The molecule has 0 radical (unpaired) electrons. The highest BCUT2D eigenvalue weighted by molar-refractivity contribution is 5.10. The standard InChI is InChI=1S/C18H32N2/c1-16(2)8-13-20-15-17(9-4-3-5-10-17)19-14-18(20)11-6-7-12-18/h8,19H,3-7,9-15H2,1-2H3. The first-order valence-corrected chi connectivity index (χ1v) is 8.78. The predicted octanol–water partition coefficient (Wildman–Crippen LogP) is 3.87. The van der Waals surface area contributed by atoms with Gasteiger partial charge >= 0.3 is 0 Å². The first-order chi connectivity index (χ1) is 9.64. The molecule has 0 aromatic heterocycles. The van der Waals surface area contributed by atoms with E-state index in [0.29, 0.717) is 11.1 Å². The van der Waals surface area contributed by atoms with Gasteiger partial charge in [-0.25, -0.2) is 0 Å². The smallest absolute Gasteiger partial charge is 0.0338 e. The molecule has 1 heterocycles. The largest absolute Gasteiger partial charge is 0.308 e. The van der Waals surface area contributed by atoms with E-state index in [2.05, 4.69) is 30.1 Å². The molecule has 114 valence electrons. The zero-order chi connectivity index (χ0) is 14.1. The van der Waals surface area contributed by atoms with Crippen molar-refractivity contribution in [2.24, 2.45) is 0 Å². The second-order valence-electron chi connectivity index (χ2n) is 7.79. The number of piperazine rings is 1. The van der Waals surface area contributed by atoms with Crippen molar-refractivity contribution in [2.45, 2.75) is 82.7 Å². The lowest BCUT2D eigenvalue weighted by Crippen LogP contribution is -2.69. The van der Waals surface area contributed by atoms with Crippen LogP contribution in [0.15, 0.2) is 11.6 Å². The first kappa shape index (κ1) is 14.6. The normalized spacial score (nSPS) is 28.9. The lowest BCUT2D eigenvalue weighted by molar-refractivity contribution is 0.00232. The molecule has 0 unspecified atom stereocenters. The maximum atomic E-state index is 4.02. The Balaban J connectivity index is 1.76. The molecule has 0 atom stereocenters. The van der Waals surface area contributed by atoms with E-state index in [4.69, 9.17) is 0 Å². The molecule has 0 amide bonds. The van der Waals surface area contributed by atoms with Crippen LogP contribution in [0.3, 0.4) is 0 Å². The predicted molar refractivity (Wildman–Crippen MR) is 86.0 cm³/mol. The molecule has 2 nitrogen and oxygen atoms in total. The first-order valence-electron chi connectivity index (χ1n) is 8.78. The molecule has 20 heavy (non-hydrogen) atoms. The Bertz CT molecular complexity index is 356. The van der Waals surface area contributed by atoms with E-state index in [0.717, 1.165) is 0 Å². The van der Waals surface area contributed by atoms with Crippen LogP contribution in [0.1, 0.15) is 71.6 Å². The summed E-state index contributed by atoms with van der Waals surface area (Å²) in [5.41, 5.74) is 2.39. The molecule has 1 aliphatic heterocycles. The molecule has 3 fully saturated rings. The fourth-order valence-electron chi connectivity index (χ4n) is 4.69. The summed E-state index contributed by atoms with van der Waals surface area (Å²) in [6.45, 7) is 8.17. The van der Waals surface area contributed by atoms with Crippen LogP contribution in [0.25, 0.3) is 0 Å². The van der Waals surface area contributed by atoms with Crippen molar-refractivity contribution in [1.82, 2.24) is 10.2 Å². The van der Waals surface area contributed by atoms with Gasteiger partial charge in [0.25, 0.3) is 0 Å². The van der Waals surface area contributed by atoms with Gasteiger partial charge in [0, 0.05) is 30.7 Å². The molecular formula is C18H32N2. The SMILES string of the molecule is CC(C)=CCN1CC2(CCCCC2)NCC12CCCC2. The van der Waals surface area contributed by atoms with Gasteiger partial charge in [-0.15, -0.1) is 0 Å². The van der Waals surface area contributed by atoms with Crippen molar-refractivity contribution in [1.29, 1.82) is 0 Å². The van der Waals surface area contributed by atoms with Crippen LogP contribution < -0.4 is 5.32 Å². The van der Waals surface area contributed by atoms with Gasteiger partial charge in [-0.2, -0.15) is 0 Å². The third-order valence-electron chi connectivity index (χ3n) is 6.02. The molecular weight excluding hydrogens is 244 g/mol. The summed E-state index contributed by atoms with van der Waals surface area (Å²) < 4.78 is 0. The molecule has 0 aromatic rings. The van der Waals surface area contributed by atoms with Gasteiger partial charge in [-0.1, -0.05) is 43.8 Å². The Morgan fingerprint density at radius 2 is 1.65 bits per heavy atom. The molecule has 1 N–H and O–H groups in total. The molecule has 2 heteroatoms. The lowest BCUT2D eigenvalue weighted by Gasteiger charge is -2.54. The van der Waals surface area contributed by atoms with Gasteiger partial charge < -0.3 is 5.32 Å². The summed E-state index contributed by atoms with van der Waals surface area (Å²) in [6.07, 6.45) is 15.2. The number of hydrogen-bond acceptors (Lipinski definition) is 2. The van der Waals surface area contributed by atoms with E-state index in [-0.39, 0.29) is 0 Å². The minimum absolute atomic E-state index is 0.446. The number of hydrogen-bond donors (Lipinski definition) is 1. The highest BCUT2D eigenvalue weighted by Crippen LogP contribution is 2.41. The van der Waals surface area contributed by atoms with Crippen molar-refractivity contribution >= 4 is 0 Å². The highest BCUT2D eigenvalue weighted by atomic mass is 15.3. The fraction of sp³-hybridized carbons (Fsp3) is 0.889. The number of nitrogens with one attached hydrogen (secondary N) is 1. The van der Waals surface area contributed by atoms with Gasteiger partial charge in [0.15, 0.2) is 0 Å². The molecule has 2 aliphatic carbocycles. The van der Waals surface area contributed by atoms with Crippen molar-refractivity contribution in [3.05, 3.63) is 11.6 Å². The molecule has 0 bridgehead atoms. The Kier molecular flexibility index (Phi) is 4.24. The quantitative estimate of drug-likeness (QED) is 0.770. The molecule has 3 aliphatic rings. The maximum absolute atomic E-state index is 4.02. The van der Waals surface area contributed by atoms with Crippen LogP contribution in [-0.4, -0.2) is 35.6 Å². The van der Waals surface area contributed by atoms with Gasteiger partial charge in [-0.05, 0) is 39.5 Å². The van der Waals surface area contributed by atoms with Crippen LogP contribution in [0.5, 0.6) is 0 Å². The Hall–Kier alpha value is -0.340. The average molecular weight is 276 g/mol. The minimum atomic E-state index is 0.446. The maximum Gasteiger partial charge on any atom is 0.0338 e. The van der Waals surface area contributed by atoms with Crippen molar-refractivity contribution < 1.29 is 0 Å². The Morgan fingerprint density at radius 1 is 1.00 bits per heavy atom. The fourth-order valence-corrected chi connectivity index (χ4v) is 4.69. The molecule has 2 saturated carbocycles. The summed E-state index contributed by atoms with van der Waals surface area (Å²) >= 11 is 0. The third kappa shape index (κ3) is 2.82. The van der Waals surface area contributed by atoms with E-state index in [1.807, 2.05) is 0 Å². The van der Waals surface area contributed by atoms with Crippen molar-refractivity contribution in [2.75, 3.05) is 19.6 Å². The summed E-state index contributed by atoms with van der Waals surface area (Å²) in [4.78, 5) is 2.86. The number of rotatable bonds is 2. The number of allylic oxidation sites excluding steroid dienone is 1. The summed E-state index contributed by atoms with van der Waals surface area (Å²) in [5.74, 6) is 0. The van der Waals surface area contributed by atoms with E-state index < -0.39 is 0 Å². The summed E-state index contributed by atoms with van der Waals surface area (Å²) in [6, 6.07) is 0. The Morgan fingerprint density at radius 3 is 2.30 bits per heavy atom. The van der Waals surface area contributed by atoms with Crippen LogP contribution in [0.2, 0.25) is 0 Å². The molecule has 2 spiro atoms. The minimum Gasteiger partial charge on any atom is -0.308 e. The van der Waals surface area contributed by atoms with Crippen molar-refractivity contribution in [3.63, 3.8) is 0 Å². The van der Waals surface area contributed by atoms with Gasteiger partial charge in [-0.3, -0.25) is 4.90 Å². The second-order valence-corrected chi connectivity index (χ2v) is 7.79. The van der Waals surface area contributed by atoms with Crippen LogP contribution >= 0.6 is 0 Å². The lowest BCUT2D eigenvalue weighted by atomic mass is 9.76.